The first-order valence-electron chi connectivity index (χ1n) is 14.2. The molecule has 3 aliphatic heterocycles. The number of hydrogen-bond acceptors (Lipinski definition) is 4. The number of benzene rings is 2. The Hall–Kier alpha value is -2.25. The Labute approximate surface area is 238 Å². The maximum atomic E-state index is 14.3. The number of nitrogens with zero attached hydrogens (tertiary/aromatic N) is 2. The maximum Gasteiger partial charge on any atom is 0.229 e. The number of likely N-dealkylation sites (tertiary alicyclic amines) is 1. The molecule has 5 rings (SSSR count). The molecule has 0 aliphatic carbocycles. The lowest BCUT2D eigenvalue weighted by Crippen LogP contribution is -2.46. The molecule has 0 radical (unpaired) electrons. The predicted octanol–water partition coefficient (Wildman–Crippen LogP) is 6.34. The molecule has 0 N–H and O–H groups in total. The second-order valence-corrected chi connectivity index (χ2v) is 11.4. The lowest BCUT2D eigenvalue weighted by Gasteiger charge is -2.38. The second-order valence-electron chi connectivity index (χ2n) is 11.4. The van der Waals surface area contributed by atoms with Crippen molar-refractivity contribution in [1.82, 2.24) is 4.90 Å². The number of amides is 1. The maximum absolute atomic E-state index is 14.3. The molecule has 7 heteroatoms. The monoisotopic (exact) mass is 556 g/mol. The molecule has 2 aromatic carbocycles. The van der Waals surface area contributed by atoms with Gasteiger partial charge in [-0.05, 0) is 79.5 Å². The number of carbonyl (C=O) groups excluding carboxylic acids is 1. The van der Waals surface area contributed by atoms with Gasteiger partial charge in [-0.3, -0.25) is 4.79 Å². The van der Waals surface area contributed by atoms with E-state index in [1.54, 1.807) is 6.07 Å². The molecule has 5 nitrogen and oxygen atoms in total. The minimum absolute atomic E-state index is 0. The topological polar surface area (TPSA) is 42.0 Å². The van der Waals surface area contributed by atoms with Gasteiger partial charge in [-0.1, -0.05) is 37.3 Å². The van der Waals surface area contributed by atoms with E-state index in [9.17, 15) is 9.18 Å². The fourth-order valence-electron chi connectivity index (χ4n) is 6.50. The molecular formula is C32H42ClFN2O3. The highest BCUT2D eigenvalue weighted by molar-refractivity contribution is 5.97. The largest absolute Gasteiger partial charge is 0.347 e. The molecule has 3 aliphatic rings. The van der Waals surface area contributed by atoms with Gasteiger partial charge in [0.1, 0.15) is 5.82 Å². The first kappa shape index (κ1) is 29.7. The number of carbonyl (C=O) groups is 1. The highest BCUT2D eigenvalue weighted by Gasteiger charge is 2.39. The van der Waals surface area contributed by atoms with Crippen molar-refractivity contribution in [2.24, 2.45) is 11.8 Å². The van der Waals surface area contributed by atoms with Crippen molar-refractivity contribution >= 4 is 30.1 Å². The first-order valence-corrected chi connectivity index (χ1v) is 14.2. The fraction of sp³-hybridized carbons (Fsp3) is 0.531. The number of ether oxygens (including phenoxy) is 2. The van der Waals surface area contributed by atoms with E-state index in [0.717, 1.165) is 86.5 Å². The van der Waals surface area contributed by atoms with E-state index >= 15 is 0 Å². The van der Waals surface area contributed by atoms with E-state index in [4.69, 9.17) is 9.47 Å². The smallest absolute Gasteiger partial charge is 0.229 e. The van der Waals surface area contributed by atoms with Gasteiger partial charge in [-0.15, -0.1) is 12.4 Å². The zero-order chi connectivity index (χ0) is 26.7. The van der Waals surface area contributed by atoms with E-state index in [0.29, 0.717) is 13.0 Å². The van der Waals surface area contributed by atoms with E-state index in [2.05, 4.69) is 43.0 Å². The van der Waals surface area contributed by atoms with Gasteiger partial charge in [0.2, 0.25) is 5.91 Å². The highest BCUT2D eigenvalue weighted by atomic mass is 35.5. The van der Waals surface area contributed by atoms with E-state index in [1.807, 2.05) is 24.0 Å². The summed E-state index contributed by atoms with van der Waals surface area (Å²) in [7, 11) is 0. The first-order chi connectivity index (χ1) is 18.3. The molecule has 39 heavy (non-hydrogen) atoms. The van der Waals surface area contributed by atoms with Crippen LogP contribution in [0.15, 0.2) is 42.5 Å². The SMILES string of the molecule is Cc1cc(/C=C/CCN2CCC3(CC2)OCCO3)cc(C)c1N1C[C@@H](Cc2ccccc2F)C[C@@H](C)C1=O.Cl. The van der Waals surface area contributed by atoms with Crippen LogP contribution >= 0.6 is 12.4 Å². The Balaban J connectivity index is 0.00000353. The minimum Gasteiger partial charge on any atom is -0.347 e. The minimum atomic E-state index is -0.311. The lowest BCUT2D eigenvalue weighted by molar-refractivity contribution is -0.185. The van der Waals surface area contributed by atoms with E-state index in [-0.39, 0.29) is 41.8 Å². The van der Waals surface area contributed by atoms with Crippen LogP contribution in [-0.2, 0) is 20.7 Å². The van der Waals surface area contributed by atoms with Crippen LogP contribution in [0.25, 0.3) is 6.08 Å². The van der Waals surface area contributed by atoms with Crippen LogP contribution < -0.4 is 4.90 Å². The number of rotatable bonds is 7. The molecule has 2 atom stereocenters. The number of anilines is 1. The summed E-state index contributed by atoms with van der Waals surface area (Å²) in [6, 6.07) is 11.3. The summed E-state index contributed by atoms with van der Waals surface area (Å²) in [4.78, 5) is 17.7. The fourth-order valence-corrected chi connectivity index (χ4v) is 6.50. The van der Waals surface area contributed by atoms with Crippen molar-refractivity contribution in [2.75, 3.05) is 44.3 Å². The van der Waals surface area contributed by atoms with Gasteiger partial charge in [0.05, 0.1) is 13.2 Å². The van der Waals surface area contributed by atoms with Crippen LogP contribution in [-0.4, -0.2) is 56.0 Å². The van der Waals surface area contributed by atoms with Crippen molar-refractivity contribution in [3.63, 3.8) is 0 Å². The second kappa shape index (κ2) is 12.9. The molecule has 2 aromatic rings. The van der Waals surface area contributed by atoms with Gasteiger partial charge in [0.15, 0.2) is 5.79 Å². The third-order valence-electron chi connectivity index (χ3n) is 8.42. The Morgan fingerprint density at radius 1 is 1.08 bits per heavy atom. The van der Waals surface area contributed by atoms with E-state index in [1.165, 1.54) is 6.07 Å². The Bertz CT molecular complexity index is 1150. The van der Waals surface area contributed by atoms with Crippen molar-refractivity contribution in [3.8, 4) is 0 Å². The molecule has 3 heterocycles. The number of hydrogen-bond donors (Lipinski definition) is 0. The summed E-state index contributed by atoms with van der Waals surface area (Å²) in [6.45, 7) is 11.3. The standard InChI is InChI=1S/C32H41FN2O3.ClH/c1-23-18-26(8-6-7-13-34-14-11-32(12-15-34)37-16-17-38-32)19-24(2)30(23)35-22-27(20-25(3)31(35)36)21-28-9-4-5-10-29(28)33;/h4-6,8-10,18-19,25,27H,7,11-17,20-22H2,1-3H3;1H/b8-6+;/t25-,27-;/m1./s1. The quantitative estimate of drug-likeness (QED) is 0.399. The molecule has 0 bridgehead atoms. The summed E-state index contributed by atoms with van der Waals surface area (Å²) in [5.41, 5.74) is 5.12. The van der Waals surface area contributed by atoms with Gasteiger partial charge >= 0.3 is 0 Å². The van der Waals surface area contributed by atoms with E-state index < -0.39 is 0 Å². The molecule has 3 fully saturated rings. The lowest BCUT2D eigenvalue weighted by atomic mass is 9.84. The van der Waals surface area contributed by atoms with Gasteiger partial charge in [0.25, 0.3) is 0 Å². The van der Waals surface area contributed by atoms with Crippen LogP contribution in [0, 0.1) is 31.5 Å². The molecule has 0 unspecified atom stereocenters. The molecule has 3 saturated heterocycles. The van der Waals surface area contributed by atoms with Crippen LogP contribution in [0.1, 0.15) is 54.9 Å². The Morgan fingerprint density at radius 3 is 2.41 bits per heavy atom. The average Bonchev–Trinajstić information content (AvgIpc) is 3.35. The van der Waals surface area contributed by atoms with Crippen LogP contribution in [0.2, 0.25) is 0 Å². The van der Waals surface area contributed by atoms with Gasteiger partial charge in [-0.25, -0.2) is 4.39 Å². The zero-order valence-corrected chi connectivity index (χ0v) is 24.3. The van der Waals surface area contributed by atoms with Crippen LogP contribution in [0.4, 0.5) is 10.1 Å². The molecule has 212 valence electrons. The molecule has 0 saturated carbocycles. The van der Waals surface area contributed by atoms with Crippen molar-refractivity contribution < 1.29 is 18.7 Å². The summed E-state index contributed by atoms with van der Waals surface area (Å²) >= 11 is 0. The zero-order valence-electron chi connectivity index (χ0n) is 23.5. The van der Waals surface area contributed by atoms with Gasteiger partial charge in [0, 0.05) is 50.6 Å². The molecule has 1 amide bonds. The summed E-state index contributed by atoms with van der Waals surface area (Å²) < 4.78 is 26.0. The number of aryl methyl sites for hydroxylation is 2. The van der Waals surface area contributed by atoms with Gasteiger partial charge in [-0.2, -0.15) is 0 Å². The average molecular weight is 557 g/mol. The third-order valence-corrected chi connectivity index (χ3v) is 8.42. The van der Waals surface area contributed by atoms with Gasteiger partial charge < -0.3 is 19.3 Å². The Kier molecular flexibility index (Phi) is 9.87. The molecule has 0 aromatic heterocycles. The van der Waals surface area contributed by atoms with Crippen LogP contribution in [0.5, 0.6) is 0 Å². The molecular weight excluding hydrogens is 515 g/mol. The molecule has 1 spiro atoms. The summed E-state index contributed by atoms with van der Waals surface area (Å²) in [6.07, 6.45) is 8.78. The Morgan fingerprint density at radius 2 is 1.74 bits per heavy atom. The summed E-state index contributed by atoms with van der Waals surface area (Å²) in [5, 5.41) is 0. The van der Waals surface area contributed by atoms with Crippen LogP contribution in [0.3, 0.4) is 0 Å². The van der Waals surface area contributed by atoms with Crippen molar-refractivity contribution in [3.05, 3.63) is 70.5 Å². The predicted molar refractivity (Wildman–Crippen MR) is 157 cm³/mol. The van der Waals surface area contributed by atoms with Crippen molar-refractivity contribution in [2.45, 2.75) is 58.7 Å². The third kappa shape index (κ3) is 6.91. The highest BCUT2D eigenvalue weighted by Crippen LogP contribution is 2.35. The normalized spacial score (nSPS) is 23.5. The number of halogens is 2. The summed E-state index contributed by atoms with van der Waals surface area (Å²) in [5.74, 6) is -0.145. The number of piperidine rings is 2. The van der Waals surface area contributed by atoms with Crippen molar-refractivity contribution in [1.29, 1.82) is 0 Å².